The Balaban J connectivity index is 1.73. The van der Waals surface area contributed by atoms with E-state index in [1.807, 2.05) is 13.3 Å². The van der Waals surface area contributed by atoms with Gasteiger partial charge in [0.1, 0.15) is 0 Å². The van der Waals surface area contributed by atoms with Crippen LogP contribution in [0, 0.1) is 0 Å². The predicted octanol–water partition coefficient (Wildman–Crippen LogP) is 2.75. The van der Waals surface area contributed by atoms with Crippen LogP contribution in [0.2, 0.25) is 0 Å². The van der Waals surface area contributed by atoms with Gasteiger partial charge in [0.2, 0.25) is 0 Å². The molecule has 0 spiro atoms. The van der Waals surface area contributed by atoms with Crippen LogP contribution in [0.4, 0.5) is 0 Å². The molecule has 2 fully saturated rings. The first-order valence-electron chi connectivity index (χ1n) is 10.5. The molecule has 0 amide bonds. The van der Waals surface area contributed by atoms with Crippen LogP contribution < -0.4 is 0 Å². The van der Waals surface area contributed by atoms with Crippen molar-refractivity contribution in [1.82, 2.24) is 14.7 Å². The fraction of sp³-hybridized carbons (Fsp3) is 0.952. The van der Waals surface area contributed by atoms with E-state index in [9.17, 15) is 0 Å². The molecule has 5 heteroatoms. The highest BCUT2D eigenvalue weighted by Gasteiger charge is 2.31. The second kappa shape index (κ2) is 10.2. The van der Waals surface area contributed by atoms with Gasteiger partial charge in [-0.15, -0.1) is 0 Å². The molecular weight excluding hydrogens is 324 g/mol. The van der Waals surface area contributed by atoms with Crippen molar-refractivity contribution in [2.75, 3.05) is 53.4 Å². The molecule has 2 aliphatic heterocycles. The Morgan fingerprint density at radius 2 is 1.92 bits per heavy atom. The Kier molecular flexibility index (Phi) is 8.52. The Morgan fingerprint density at radius 1 is 1.23 bits per heavy atom. The summed E-state index contributed by atoms with van der Waals surface area (Å²) in [4.78, 5) is 11.9. The number of aliphatic imine (C=N–C) groups is 1. The summed E-state index contributed by atoms with van der Waals surface area (Å²) in [5, 5.41) is 0. The Morgan fingerprint density at radius 3 is 2.54 bits per heavy atom. The van der Waals surface area contributed by atoms with E-state index in [2.05, 4.69) is 54.4 Å². The Labute approximate surface area is 161 Å². The first-order chi connectivity index (χ1) is 12.3. The highest BCUT2D eigenvalue weighted by atomic mass is 16.5. The number of piperidine rings is 1. The Bertz CT molecular complexity index is 426. The molecule has 152 valence electrons. The molecule has 0 radical (unpaired) electrons. The van der Waals surface area contributed by atoms with Crippen LogP contribution >= 0.6 is 0 Å². The fourth-order valence-electron chi connectivity index (χ4n) is 4.34. The molecular formula is C21H42N4O. The van der Waals surface area contributed by atoms with Crippen LogP contribution in [0.5, 0.6) is 0 Å². The summed E-state index contributed by atoms with van der Waals surface area (Å²) in [6.07, 6.45) is 7.19. The van der Waals surface area contributed by atoms with Crippen LogP contribution in [0.25, 0.3) is 0 Å². The molecule has 2 unspecified atom stereocenters. The first-order valence-corrected chi connectivity index (χ1v) is 10.5. The third-order valence-corrected chi connectivity index (χ3v) is 6.23. The SMILES string of the molecule is C/N=C\CCN(C)C1CCN(C(C)CC2CN(C(C)(C)C)CCO2)CC1. The van der Waals surface area contributed by atoms with Gasteiger partial charge in [-0.25, -0.2) is 0 Å². The van der Waals surface area contributed by atoms with Gasteiger partial charge in [-0.2, -0.15) is 0 Å². The molecule has 0 aromatic rings. The number of ether oxygens (including phenoxy) is 1. The van der Waals surface area contributed by atoms with Crippen molar-refractivity contribution in [2.45, 2.75) is 77.1 Å². The van der Waals surface area contributed by atoms with Crippen molar-refractivity contribution in [3.05, 3.63) is 0 Å². The van der Waals surface area contributed by atoms with Gasteiger partial charge in [0.25, 0.3) is 0 Å². The van der Waals surface area contributed by atoms with Gasteiger partial charge in [-0.05, 0) is 79.7 Å². The van der Waals surface area contributed by atoms with E-state index >= 15 is 0 Å². The molecule has 2 rings (SSSR count). The normalized spacial score (nSPS) is 26.0. The monoisotopic (exact) mass is 366 g/mol. The van der Waals surface area contributed by atoms with Crippen LogP contribution in [0.15, 0.2) is 4.99 Å². The maximum absolute atomic E-state index is 6.09. The maximum atomic E-state index is 6.09. The molecule has 2 heterocycles. The molecule has 5 nitrogen and oxygen atoms in total. The van der Waals surface area contributed by atoms with E-state index in [4.69, 9.17) is 4.74 Å². The van der Waals surface area contributed by atoms with Gasteiger partial charge in [0.05, 0.1) is 12.7 Å². The minimum absolute atomic E-state index is 0.247. The number of morpholine rings is 1. The number of nitrogens with zero attached hydrogens (tertiary/aromatic N) is 4. The van der Waals surface area contributed by atoms with Gasteiger partial charge in [-0.3, -0.25) is 4.90 Å². The minimum Gasteiger partial charge on any atom is -0.375 e. The first kappa shape index (κ1) is 21.8. The van der Waals surface area contributed by atoms with Gasteiger partial charge in [0, 0.05) is 44.3 Å². The van der Waals surface area contributed by atoms with Gasteiger partial charge in [0.15, 0.2) is 0 Å². The third kappa shape index (κ3) is 6.59. The van der Waals surface area contributed by atoms with Crippen LogP contribution in [-0.4, -0.2) is 98.1 Å². The van der Waals surface area contributed by atoms with Crippen LogP contribution in [-0.2, 0) is 4.74 Å². The van der Waals surface area contributed by atoms with E-state index in [-0.39, 0.29) is 5.54 Å². The van der Waals surface area contributed by atoms with E-state index < -0.39 is 0 Å². The van der Waals surface area contributed by atoms with Crippen molar-refractivity contribution in [3.8, 4) is 0 Å². The zero-order valence-electron chi connectivity index (χ0n) is 18.1. The van der Waals surface area contributed by atoms with Gasteiger partial charge < -0.3 is 19.5 Å². The van der Waals surface area contributed by atoms with E-state index in [0.717, 1.165) is 45.1 Å². The van der Waals surface area contributed by atoms with Crippen molar-refractivity contribution >= 4 is 6.21 Å². The van der Waals surface area contributed by atoms with E-state index in [1.165, 1.54) is 25.9 Å². The summed E-state index contributed by atoms with van der Waals surface area (Å²) < 4.78 is 6.09. The number of rotatable bonds is 7. The molecule has 0 saturated carbocycles. The van der Waals surface area contributed by atoms with Crippen LogP contribution in [0.1, 0.15) is 53.4 Å². The van der Waals surface area contributed by atoms with Gasteiger partial charge >= 0.3 is 0 Å². The average Bonchev–Trinajstić information content (AvgIpc) is 2.61. The quantitative estimate of drug-likeness (QED) is 0.649. The second-order valence-corrected chi connectivity index (χ2v) is 9.17. The lowest BCUT2D eigenvalue weighted by Crippen LogP contribution is -2.53. The fourth-order valence-corrected chi connectivity index (χ4v) is 4.34. The minimum atomic E-state index is 0.247. The predicted molar refractivity (Wildman–Crippen MR) is 111 cm³/mol. The second-order valence-electron chi connectivity index (χ2n) is 9.17. The topological polar surface area (TPSA) is 31.3 Å². The standard InChI is InChI=1S/C21H42N4O/c1-18(16-20-17-25(14-15-26-20)21(2,3)4)24-12-8-19(9-13-24)23(6)11-7-10-22-5/h10,18-20H,7-9,11-17H2,1-6H3/b22-10-. The molecule has 2 atom stereocenters. The molecule has 2 saturated heterocycles. The van der Waals surface area contributed by atoms with Crippen LogP contribution in [0.3, 0.4) is 0 Å². The summed E-state index contributed by atoms with van der Waals surface area (Å²) in [5.74, 6) is 0. The molecule has 0 aromatic carbocycles. The van der Waals surface area contributed by atoms with E-state index in [0.29, 0.717) is 12.1 Å². The summed E-state index contributed by atoms with van der Waals surface area (Å²) in [6.45, 7) is 15.9. The molecule has 0 N–H and O–H groups in total. The third-order valence-electron chi connectivity index (χ3n) is 6.23. The average molecular weight is 367 g/mol. The smallest absolute Gasteiger partial charge is 0.0717 e. The maximum Gasteiger partial charge on any atom is 0.0717 e. The molecule has 26 heavy (non-hydrogen) atoms. The zero-order valence-corrected chi connectivity index (χ0v) is 18.1. The molecule has 0 aliphatic carbocycles. The summed E-state index contributed by atoms with van der Waals surface area (Å²) in [7, 11) is 4.13. The largest absolute Gasteiger partial charge is 0.375 e. The number of hydrogen-bond donors (Lipinski definition) is 0. The Hall–Kier alpha value is -0.490. The van der Waals surface area contributed by atoms with Crippen molar-refractivity contribution in [3.63, 3.8) is 0 Å². The summed E-state index contributed by atoms with van der Waals surface area (Å²) >= 11 is 0. The molecule has 0 bridgehead atoms. The lowest BCUT2D eigenvalue weighted by Gasteiger charge is -2.44. The highest BCUT2D eigenvalue weighted by Crippen LogP contribution is 2.23. The zero-order chi connectivity index (χ0) is 19.2. The summed E-state index contributed by atoms with van der Waals surface area (Å²) in [5.41, 5.74) is 0.247. The molecule has 2 aliphatic rings. The lowest BCUT2D eigenvalue weighted by molar-refractivity contribution is -0.0699. The summed E-state index contributed by atoms with van der Waals surface area (Å²) in [6, 6.07) is 1.34. The molecule has 0 aromatic heterocycles. The number of likely N-dealkylation sites (tertiary alicyclic amines) is 1. The lowest BCUT2D eigenvalue weighted by atomic mass is 9.98. The van der Waals surface area contributed by atoms with E-state index in [1.54, 1.807) is 0 Å². The van der Waals surface area contributed by atoms with Crippen molar-refractivity contribution < 1.29 is 4.74 Å². The van der Waals surface area contributed by atoms with Gasteiger partial charge in [-0.1, -0.05) is 0 Å². The highest BCUT2D eigenvalue weighted by molar-refractivity contribution is 5.56. The van der Waals surface area contributed by atoms with Crippen molar-refractivity contribution in [1.29, 1.82) is 0 Å². The van der Waals surface area contributed by atoms with Crippen molar-refractivity contribution in [2.24, 2.45) is 4.99 Å². The number of hydrogen-bond acceptors (Lipinski definition) is 5.